The van der Waals surface area contributed by atoms with Crippen molar-refractivity contribution in [2.75, 3.05) is 0 Å². The van der Waals surface area contributed by atoms with Crippen LogP contribution < -0.4 is 5.73 Å². The maximum Gasteiger partial charge on any atom is 0.240 e. The average Bonchev–Trinajstić information content (AvgIpc) is 2.66. The van der Waals surface area contributed by atoms with Crippen LogP contribution in [0.4, 0.5) is 0 Å². The lowest BCUT2D eigenvalue weighted by Crippen LogP contribution is -2.25. The Morgan fingerprint density at radius 2 is 2.25 bits per heavy atom. The number of aromatic nitrogens is 2. The maximum absolute atomic E-state index is 11.2. The predicted molar refractivity (Wildman–Crippen MR) is 63.2 cm³/mol. The number of para-hydroxylation sites is 2. The molecule has 2 N–H and O–H groups in total. The fraction of sp³-hybridized carbons (Fsp3) is 0.273. The molecule has 0 radical (unpaired) electrons. The molecule has 0 saturated heterocycles. The SMILES string of the molecule is CC(C(N)=O)n1c(CCl)nc2ccccc21. The van der Waals surface area contributed by atoms with Crippen molar-refractivity contribution in [1.82, 2.24) is 9.55 Å². The van der Waals surface area contributed by atoms with Gasteiger partial charge in [-0.3, -0.25) is 4.79 Å². The minimum absolute atomic E-state index is 0.256. The molecule has 0 fully saturated rings. The lowest BCUT2D eigenvalue weighted by Gasteiger charge is -2.12. The molecule has 0 saturated carbocycles. The number of alkyl halides is 1. The largest absolute Gasteiger partial charge is 0.368 e. The summed E-state index contributed by atoms with van der Waals surface area (Å²) in [6.45, 7) is 1.74. The molecular formula is C11H12ClN3O. The molecule has 0 aliphatic carbocycles. The molecule has 16 heavy (non-hydrogen) atoms. The summed E-state index contributed by atoms with van der Waals surface area (Å²) in [5, 5.41) is 0. The topological polar surface area (TPSA) is 60.9 Å². The number of imidazole rings is 1. The molecular weight excluding hydrogens is 226 g/mol. The van der Waals surface area contributed by atoms with Gasteiger partial charge in [-0.1, -0.05) is 12.1 Å². The number of benzene rings is 1. The molecule has 2 aromatic rings. The molecule has 1 atom stereocenters. The van der Waals surface area contributed by atoms with E-state index < -0.39 is 11.9 Å². The van der Waals surface area contributed by atoms with Crippen molar-refractivity contribution in [3.05, 3.63) is 30.1 Å². The number of amides is 1. The van der Waals surface area contributed by atoms with Crippen LogP contribution in [0.2, 0.25) is 0 Å². The van der Waals surface area contributed by atoms with Crippen LogP contribution >= 0.6 is 11.6 Å². The molecule has 1 aromatic carbocycles. The number of primary amides is 1. The minimum Gasteiger partial charge on any atom is -0.368 e. The van der Waals surface area contributed by atoms with Crippen LogP contribution in [0.25, 0.3) is 11.0 Å². The summed E-state index contributed by atoms with van der Waals surface area (Å²) in [4.78, 5) is 15.6. The maximum atomic E-state index is 11.2. The van der Waals surface area contributed by atoms with Crippen molar-refractivity contribution < 1.29 is 4.79 Å². The molecule has 1 unspecified atom stereocenters. The molecule has 0 aliphatic heterocycles. The van der Waals surface area contributed by atoms with E-state index in [4.69, 9.17) is 17.3 Å². The van der Waals surface area contributed by atoms with Gasteiger partial charge in [-0.05, 0) is 19.1 Å². The van der Waals surface area contributed by atoms with Crippen LogP contribution in [0, 0.1) is 0 Å². The molecule has 5 heteroatoms. The molecule has 0 aliphatic rings. The van der Waals surface area contributed by atoms with E-state index in [1.54, 1.807) is 11.5 Å². The van der Waals surface area contributed by atoms with Crippen LogP contribution in [0.15, 0.2) is 24.3 Å². The zero-order valence-corrected chi connectivity index (χ0v) is 9.61. The summed E-state index contributed by atoms with van der Waals surface area (Å²) in [7, 11) is 0. The number of hydrogen-bond acceptors (Lipinski definition) is 2. The van der Waals surface area contributed by atoms with E-state index >= 15 is 0 Å². The molecule has 4 nitrogen and oxygen atoms in total. The zero-order valence-electron chi connectivity index (χ0n) is 8.85. The van der Waals surface area contributed by atoms with E-state index in [0.29, 0.717) is 5.82 Å². The number of halogens is 1. The number of carbonyl (C=O) groups excluding carboxylic acids is 1. The first-order chi connectivity index (χ1) is 7.65. The van der Waals surface area contributed by atoms with E-state index in [9.17, 15) is 4.79 Å². The average molecular weight is 238 g/mol. The lowest BCUT2D eigenvalue weighted by atomic mass is 10.2. The van der Waals surface area contributed by atoms with E-state index in [0.717, 1.165) is 11.0 Å². The third-order valence-corrected chi connectivity index (χ3v) is 2.83. The van der Waals surface area contributed by atoms with Crippen molar-refractivity contribution in [2.45, 2.75) is 18.8 Å². The molecule has 1 heterocycles. The van der Waals surface area contributed by atoms with Gasteiger partial charge in [-0.2, -0.15) is 0 Å². The summed E-state index contributed by atoms with van der Waals surface area (Å²) in [5.41, 5.74) is 7.02. The Hall–Kier alpha value is -1.55. The number of nitrogens with two attached hydrogens (primary N) is 1. The fourth-order valence-corrected chi connectivity index (χ4v) is 1.94. The highest BCUT2D eigenvalue weighted by atomic mass is 35.5. The van der Waals surface area contributed by atoms with Gasteiger partial charge in [-0.25, -0.2) is 4.98 Å². The number of nitrogens with zero attached hydrogens (tertiary/aromatic N) is 2. The second-order valence-electron chi connectivity index (χ2n) is 3.60. The normalized spacial score (nSPS) is 12.9. The Bertz CT molecular complexity index is 535. The van der Waals surface area contributed by atoms with E-state index in [1.165, 1.54) is 0 Å². The second kappa shape index (κ2) is 4.14. The van der Waals surface area contributed by atoms with Crippen molar-refractivity contribution in [1.29, 1.82) is 0 Å². The fourth-order valence-electron chi connectivity index (χ4n) is 1.75. The highest BCUT2D eigenvalue weighted by Crippen LogP contribution is 2.21. The van der Waals surface area contributed by atoms with E-state index in [1.807, 2.05) is 24.3 Å². The van der Waals surface area contributed by atoms with Crippen LogP contribution in [-0.2, 0) is 10.7 Å². The van der Waals surface area contributed by atoms with Crippen molar-refractivity contribution in [3.63, 3.8) is 0 Å². The van der Waals surface area contributed by atoms with Gasteiger partial charge in [0.1, 0.15) is 11.9 Å². The highest BCUT2D eigenvalue weighted by molar-refractivity contribution is 6.16. The van der Waals surface area contributed by atoms with Crippen LogP contribution in [0.3, 0.4) is 0 Å². The van der Waals surface area contributed by atoms with E-state index in [2.05, 4.69) is 4.98 Å². The van der Waals surface area contributed by atoms with Gasteiger partial charge in [0.15, 0.2) is 0 Å². The summed E-state index contributed by atoms with van der Waals surface area (Å²) in [6, 6.07) is 7.13. The first-order valence-corrected chi connectivity index (χ1v) is 5.49. The monoisotopic (exact) mass is 237 g/mol. The van der Waals surface area contributed by atoms with Gasteiger partial charge in [0.05, 0.1) is 16.9 Å². The Labute approximate surface area is 98.0 Å². The summed E-state index contributed by atoms with van der Waals surface area (Å²) in [6.07, 6.45) is 0. The van der Waals surface area contributed by atoms with Crippen LogP contribution in [0.5, 0.6) is 0 Å². The van der Waals surface area contributed by atoms with Crippen molar-refractivity contribution in [3.8, 4) is 0 Å². The van der Waals surface area contributed by atoms with Gasteiger partial charge in [0, 0.05) is 0 Å². The highest BCUT2D eigenvalue weighted by Gasteiger charge is 2.18. The quantitative estimate of drug-likeness (QED) is 0.828. The summed E-state index contributed by atoms with van der Waals surface area (Å²) in [5.74, 6) is 0.524. The molecule has 1 amide bonds. The zero-order chi connectivity index (χ0) is 11.7. The summed E-state index contributed by atoms with van der Waals surface area (Å²) < 4.78 is 1.78. The van der Waals surface area contributed by atoms with Crippen molar-refractivity contribution >= 4 is 28.5 Å². The van der Waals surface area contributed by atoms with Gasteiger partial charge >= 0.3 is 0 Å². The van der Waals surface area contributed by atoms with Gasteiger partial charge < -0.3 is 10.3 Å². The number of hydrogen-bond donors (Lipinski definition) is 1. The number of rotatable bonds is 3. The number of carbonyl (C=O) groups is 1. The molecule has 0 bridgehead atoms. The molecule has 0 spiro atoms. The Morgan fingerprint density at radius 1 is 1.56 bits per heavy atom. The second-order valence-corrected chi connectivity index (χ2v) is 3.87. The summed E-state index contributed by atoms with van der Waals surface area (Å²) >= 11 is 5.82. The van der Waals surface area contributed by atoms with Crippen LogP contribution in [-0.4, -0.2) is 15.5 Å². The predicted octanol–water partition coefficient (Wildman–Crippen LogP) is 1.82. The Kier molecular flexibility index (Phi) is 2.83. The van der Waals surface area contributed by atoms with Crippen LogP contribution in [0.1, 0.15) is 18.8 Å². The smallest absolute Gasteiger partial charge is 0.240 e. The molecule has 1 aromatic heterocycles. The Balaban J connectivity index is 2.69. The standard InChI is InChI=1S/C11H12ClN3O/c1-7(11(13)16)15-9-5-3-2-4-8(9)14-10(15)6-12/h2-5,7H,6H2,1H3,(H2,13,16). The lowest BCUT2D eigenvalue weighted by molar-refractivity contribution is -0.120. The molecule has 84 valence electrons. The Morgan fingerprint density at radius 3 is 2.88 bits per heavy atom. The number of fused-ring (bicyclic) bond motifs is 1. The first-order valence-electron chi connectivity index (χ1n) is 4.96. The molecule has 2 rings (SSSR count). The minimum atomic E-state index is -0.443. The van der Waals surface area contributed by atoms with Gasteiger partial charge in [0.2, 0.25) is 5.91 Å². The van der Waals surface area contributed by atoms with E-state index in [-0.39, 0.29) is 5.88 Å². The van der Waals surface area contributed by atoms with Gasteiger partial charge in [-0.15, -0.1) is 11.6 Å². The first kappa shape index (κ1) is 11.0. The third-order valence-electron chi connectivity index (χ3n) is 2.59. The third kappa shape index (κ3) is 1.65. The van der Waals surface area contributed by atoms with Crippen molar-refractivity contribution in [2.24, 2.45) is 5.73 Å². The van der Waals surface area contributed by atoms with Gasteiger partial charge in [0.25, 0.3) is 0 Å².